The Bertz CT molecular complexity index is 565. The van der Waals surface area contributed by atoms with E-state index >= 15 is 0 Å². The summed E-state index contributed by atoms with van der Waals surface area (Å²) in [5.74, 6) is -0.414. The van der Waals surface area contributed by atoms with Crippen LogP contribution in [0.25, 0.3) is 0 Å². The molecule has 0 spiro atoms. The number of thioether (sulfide) groups is 1. The van der Waals surface area contributed by atoms with Gasteiger partial charge in [0.05, 0.1) is 16.0 Å². The molecule has 2 amide bonds. The number of nitrogens with one attached hydrogen (secondary N) is 1. The molecule has 1 aliphatic heterocycles. The van der Waals surface area contributed by atoms with Gasteiger partial charge in [-0.1, -0.05) is 54.6 Å². The van der Waals surface area contributed by atoms with Crippen LogP contribution in [0.2, 0.25) is 5.02 Å². The highest BCUT2D eigenvalue weighted by atomic mass is 35.5. The number of carbonyl (C=O) groups excluding carboxylic acids is 2. The Balaban J connectivity index is 2.00. The van der Waals surface area contributed by atoms with Gasteiger partial charge in [0.25, 0.3) is 0 Å². The lowest BCUT2D eigenvalue weighted by atomic mass is 10.3. The molecule has 1 atom stereocenters. The molecular weight excluding hydrogens is 316 g/mol. The van der Waals surface area contributed by atoms with E-state index in [0.717, 1.165) is 0 Å². The van der Waals surface area contributed by atoms with E-state index in [1.165, 1.54) is 16.7 Å². The number of halogens is 1. The van der Waals surface area contributed by atoms with Crippen LogP contribution in [0.1, 0.15) is 13.3 Å². The molecule has 1 fully saturated rings. The van der Waals surface area contributed by atoms with Gasteiger partial charge >= 0.3 is 0 Å². The highest BCUT2D eigenvalue weighted by Crippen LogP contribution is 2.29. The smallest absolute Gasteiger partial charge is 0.244 e. The minimum absolute atomic E-state index is 0.0770. The minimum atomic E-state index is -0.314. The second-order valence-corrected chi connectivity index (χ2v) is 6.48. The number of carbonyl (C=O) groups is 2. The molecule has 0 aliphatic carbocycles. The first-order valence-corrected chi connectivity index (χ1v) is 7.76. The minimum Gasteiger partial charge on any atom is -0.323 e. The lowest BCUT2D eigenvalue weighted by molar-refractivity contribution is -0.129. The van der Waals surface area contributed by atoms with Crippen LogP contribution < -0.4 is 5.32 Å². The zero-order valence-electron chi connectivity index (χ0n) is 10.8. The van der Waals surface area contributed by atoms with Crippen LogP contribution in [0.4, 0.5) is 5.69 Å². The molecule has 20 heavy (non-hydrogen) atoms. The number of anilines is 1. The van der Waals surface area contributed by atoms with Crippen molar-refractivity contribution in [1.29, 1.82) is 0 Å². The molecule has 1 aromatic rings. The first-order valence-electron chi connectivity index (χ1n) is 6.09. The molecule has 0 aromatic heterocycles. The van der Waals surface area contributed by atoms with Gasteiger partial charge in [0, 0.05) is 0 Å². The molecule has 1 unspecified atom stereocenters. The van der Waals surface area contributed by atoms with E-state index in [2.05, 4.69) is 5.32 Å². The fourth-order valence-electron chi connectivity index (χ4n) is 1.80. The number of benzene rings is 1. The fourth-order valence-corrected chi connectivity index (χ4v) is 3.40. The molecule has 0 saturated carbocycles. The maximum atomic E-state index is 12.0. The molecule has 2 rings (SSSR count). The van der Waals surface area contributed by atoms with Gasteiger partial charge in [-0.05, 0) is 18.6 Å². The lowest BCUT2D eigenvalue weighted by Gasteiger charge is -2.15. The van der Waals surface area contributed by atoms with Gasteiger partial charge in [-0.15, -0.1) is 0 Å². The summed E-state index contributed by atoms with van der Waals surface area (Å²) in [5.41, 5.74) is 0.524. The van der Waals surface area contributed by atoms with Gasteiger partial charge < -0.3 is 5.32 Å². The average molecular weight is 329 g/mol. The third-order valence-electron chi connectivity index (χ3n) is 2.83. The summed E-state index contributed by atoms with van der Waals surface area (Å²) in [6, 6.07) is 6.94. The first kappa shape index (κ1) is 15.3. The summed E-state index contributed by atoms with van der Waals surface area (Å²) < 4.78 is 0.455. The Morgan fingerprint density at radius 1 is 1.50 bits per heavy atom. The second kappa shape index (κ2) is 6.56. The first-order chi connectivity index (χ1) is 9.52. The molecular formula is C13H13ClN2O2S2. The predicted molar refractivity (Wildman–Crippen MR) is 86.1 cm³/mol. The summed E-state index contributed by atoms with van der Waals surface area (Å²) in [6.07, 6.45) is 0.701. The van der Waals surface area contributed by atoms with Crippen molar-refractivity contribution in [2.45, 2.75) is 18.6 Å². The Morgan fingerprint density at radius 2 is 2.20 bits per heavy atom. The largest absolute Gasteiger partial charge is 0.323 e. The quantitative estimate of drug-likeness (QED) is 0.863. The molecule has 1 saturated heterocycles. The standard InChI is InChI=1S/C13H13ClN2O2S2/c1-2-10-12(18)16(13(19)20-10)7-11(17)15-9-6-4-3-5-8(9)14/h3-6,10H,2,7H2,1H3,(H,15,17). The molecule has 0 radical (unpaired) electrons. The SMILES string of the molecule is CCC1SC(=S)N(CC(=O)Nc2ccccc2Cl)C1=O. The predicted octanol–water partition coefficient (Wildman–Crippen LogP) is 2.92. The molecule has 1 N–H and O–H groups in total. The lowest BCUT2D eigenvalue weighted by Crippen LogP contribution is -2.38. The van der Waals surface area contributed by atoms with Crippen molar-refractivity contribution < 1.29 is 9.59 Å². The Morgan fingerprint density at radius 3 is 2.80 bits per heavy atom. The van der Waals surface area contributed by atoms with E-state index in [9.17, 15) is 9.59 Å². The van der Waals surface area contributed by atoms with E-state index < -0.39 is 0 Å². The Labute approximate surface area is 131 Å². The van der Waals surface area contributed by atoms with Crippen LogP contribution in [0, 0.1) is 0 Å². The van der Waals surface area contributed by atoms with Crippen molar-refractivity contribution in [1.82, 2.24) is 4.90 Å². The van der Waals surface area contributed by atoms with Gasteiger partial charge in [0.2, 0.25) is 11.8 Å². The van der Waals surface area contributed by atoms with Crippen molar-refractivity contribution in [3.05, 3.63) is 29.3 Å². The summed E-state index contributed by atoms with van der Waals surface area (Å²) in [6.45, 7) is 1.85. The topological polar surface area (TPSA) is 49.4 Å². The highest BCUT2D eigenvalue weighted by Gasteiger charge is 2.36. The average Bonchev–Trinajstić information content (AvgIpc) is 2.69. The number of hydrogen-bond acceptors (Lipinski definition) is 4. The van der Waals surface area contributed by atoms with Gasteiger partial charge in [-0.2, -0.15) is 0 Å². The zero-order chi connectivity index (χ0) is 14.7. The Kier molecular flexibility index (Phi) is 5.01. The number of nitrogens with zero attached hydrogens (tertiary/aromatic N) is 1. The van der Waals surface area contributed by atoms with Crippen molar-refractivity contribution in [2.24, 2.45) is 0 Å². The second-order valence-electron chi connectivity index (χ2n) is 4.23. The van der Waals surface area contributed by atoms with E-state index in [0.29, 0.717) is 21.5 Å². The molecule has 7 heteroatoms. The summed E-state index contributed by atoms with van der Waals surface area (Å²) >= 11 is 12.4. The normalized spacial score (nSPS) is 18.5. The molecule has 1 aromatic carbocycles. The van der Waals surface area contributed by atoms with E-state index in [1.54, 1.807) is 24.3 Å². The fraction of sp³-hybridized carbons (Fsp3) is 0.308. The third kappa shape index (κ3) is 3.31. The van der Waals surface area contributed by atoms with Crippen molar-refractivity contribution in [3.63, 3.8) is 0 Å². The maximum Gasteiger partial charge on any atom is 0.244 e. The Hall–Kier alpha value is -1.11. The van der Waals surface area contributed by atoms with Crippen LogP contribution >= 0.6 is 35.6 Å². The highest BCUT2D eigenvalue weighted by molar-refractivity contribution is 8.24. The van der Waals surface area contributed by atoms with Gasteiger partial charge in [0.1, 0.15) is 10.9 Å². The number of amides is 2. The van der Waals surface area contributed by atoms with Gasteiger partial charge in [0.15, 0.2) is 0 Å². The molecule has 106 valence electrons. The zero-order valence-corrected chi connectivity index (χ0v) is 13.1. The van der Waals surface area contributed by atoms with Crippen LogP contribution in [-0.2, 0) is 9.59 Å². The van der Waals surface area contributed by atoms with E-state index in [1.807, 2.05) is 6.92 Å². The summed E-state index contributed by atoms with van der Waals surface area (Å²) in [4.78, 5) is 25.3. The molecule has 1 aliphatic rings. The van der Waals surface area contributed by atoms with Gasteiger partial charge in [-0.25, -0.2) is 0 Å². The number of para-hydroxylation sites is 1. The number of thiocarbonyl (C=S) groups is 1. The maximum absolute atomic E-state index is 12.0. The number of hydrogen-bond donors (Lipinski definition) is 1. The monoisotopic (exact) mass is 328 g/mol. The van der Waals surface area contributed by atoms with Crippen molar-refractivity contribution in [3.8, 4) is 0 Å². The van der Waals surface area contributed by atoms with Crippen LogP contribution in [0.5, 0.6) is 0 Å². The van der Waals surface area contributed by atoms with Crippen molar-refractivity contribution in [2.75, 3.05) is 11.9 Å². The molecule has 1 heterocycles. The van der Waals surface area contributed by atoms with Crippen LogP contribution in [0.15, 0.2) is 24.3 Å². The molecule has 4 nitrogen and oxygen atoms in total. The van der Waals surface area contributed by atoms with E-state index in [-0.39, 0.29) is 23.6 Å². The van der Waals surface area contributed by atoms with Gasteiger partial charge in [-0.3, -0.25) is 14.5 Å². The summed E-state index contributed by atoms with van der Waals surface area (Å²) in [7, 11) is 0. The summed E-state index contributed by atoms with van der Waals surface area (Å²) in [5, 5.41) is 2.96. The third-order valence-corrected chi connectivity index (χ3v) is 4.91. The van der Waals surface area contributed by atoms with E-state index in [4.69, 9.17) is 23.8 Å². The number of rotatable bonds is 4. The molecule has 0 bridgehead atoms. The van der Waals surface area contributed by atoms with Crippen LogP contribution in [0.3, 0.4) is 0 Å². The van der Waals surface area contributed by atoms with Crippen molar-refractivity contribution >= 4 is 57.4 Å². The van der Waals surface area contributed by atoms with Crippen LogP contribution in [-0.4, -0.2) is 32.8 Å².